The second-order valence-electron chi connectivity index (χ2n) is 6.00. The first-order valence-electron chi connectivity index (χ1n) is 8.37. The molecule has 0 saturated carbocycles. The van der Waals surface area contributed by atoms with E-state index in [4.69, 9.17) is 32.5 Å². The molecule has 2 aromatic carbocycles. The molecule has 3 rings (SSSR count). The molecular formula is C20H17Cl2N3O3. The topological polar surface area (TPSA) is 76.7 Å². The van der Waals surface area contributed by atoms with Crippen molar-refractivity contribution in [3.63, 3.8) is 0 Å². The van der Waals surface area contributed by atoms with E-state index in [1.807, 2.05) is 19.1 Å². The maximum Gasteiger partial charge on any atom is 0.277 e. The van der Waals surface area contributed by atoms with Crippen LogP contribution in [0.4, 0.5) is 0 Å². The van der Waals surface area contributed by atoms with Crippen molar-refractivity contribution in [2.75, 3.05) is 6.61 Å². The number of nitrogens with zero attached hydrogens (tertiary/aromatic N) is 2. The summed E-state index contributed by atoms with van der Waals surface area (Å²) in [6.07, 6.45) is 1.52. The molecule has 0 unspecified atom stereocenters. The summed E-state index contributed by atoms with van der Waals surface area (Å²) >= 11 is 12.1. The molecule has 3 aromatic rings. The molecule has 0 saturated heterocycles. The largest absolute Gasteiger partial charge is 0.483 e. The van der Waals surface area contributed by atoms with Gasteiger partial charge in [0.25, 0.3) is 5.91 Å². The maximum absolute atomic E-state index is 12.1. The van der Waals surface area contributed by atoms with Crippen LogP contribution in [0, 0.1) is 6.92 Å². The molecule has 1 N–H and O–H groups in total. The zero-order valence-electron chi connectivity index (χ0n) is 15.2. The predicted octanol–water partition coefficient (Wildman–Crippen LogP) is 4.88. The van der Waals surface area contributed by atoms with Crippen LogP contribution in [0.25, 0.3) is 11.3 Å². The van der Waals surface area contributed by atoms with Gasteiger partial charge in [-0.1, -0.05) is 40.5 Å². The molecule has 0 bridgehead atoms. The Bertz CT molecular complexity index is 1000. The number of amides is 1. The van der Waals surface area contributed by atoms with E-state index in [1.165, 1.54) is 6.20 Å². The van der Waals surface area contributed by atoms with Crippen LogP contribution in [-0.2, 0) is 4.79 Å². The van der Waals surface area contributed by atoms with Crippen molar-refractivity contribution in [3.8, 4) is 17.1 Å². The minimum atomic E-state index is -0.399. The van der Waals surface area contributed by atoms with Gasteiger partial charge in [-0.25, -0.2) is 5.43 Å². The first kappa shape index (κ1) is 19.9. The van der Waals surface area contributed by atoms with Crippen LogP contribution in [0.5, 0.6) is 5.75 Å². The summed E-state index contributed by atoms with van der Waals surface area (Å²) in [5.41, 5.74) is 5.41. The highest BCUT2D eigenvalue weighted by Crippen LogP contribution is 2.34. The highest BCUT2D eigenvalue weighted by atomic mass is 35.5. The third-order valence-corrected chi connectivity index (χ3v) is 4.59. The number of rotatable bonds is 6. The van der Waals surface area contributed by atoms with Gasteiger partial charge < -0.3 is 9.26 Å². The van der Waals surface area contributed by atoms with Gasteiger partial charge in [-0.2, -0.15) is 5.10 Å². The third-order valence-electron chi connectivity index (χ3n) is 3.93. The average Bonchev–Trinajstić information content (AvgIpc) is 3.21. The van der Waals surface area contributed by atoms with Gasteiger partial charge in [-0.05, 0) is 49.2 Å². The van der Waals surface area contributed by atoms with Gasteiger partial charge in [0.1, 0.15) is 5.75 Å². The van der Waals surface area contributed by atoms with E-state index >= 15 is 0 Å². The number of carbonyl (C=O) groups is 1. The van der Waals surface area contributed by atoms with Crippen molar-refractivity contribution in [1.82, 2.24) is 10.6 Å². The lowest BCUT2D eigenvalue weighted by atomic mass is 10.1. The molecule has 144 valence electrons. The normalized spacial score (nSPS) is 11.4. The molecule has 28 heavy (non-hydrogen) atoms. The van der Waals surface area contributed by atoms with Crippen molar-refractivity contribution in [2.24, 2.45) is 5.10 Å². The molecule has 0 aliphatic carbocycles. The molecule has 0 aliphatic heterocycles. The Kier molecular flexibility index (Phi) is 6.34. The maximum atomic E-state index is 12.1. The molecule has 1 aromatic heterocycles. The van der Waals surface area contributed by atoms with Gasteiger partial charge in [-0.15, -0.1) is 0 Å². The summed E-state index contributed by atoms with van der Waals surface area (Å²) in [6.45, 7) is 3.41. The molecule has 0 aliphatic rings. The van der Waals surface area contributed by atoms with Gasteiger partial charge in [-0.3, -0.25) is 4.79 Å². The Labute approximate surface area is 172 Å². The zero-order valence-corrected chi connectivity index (χ0v) is 16.7. The smallest absolute Gasteiger partial charge is 0.277 e. The van der Waals surface area contributed by atoms with Gasteiger partial charge in [0.05, 0.1) is 17.5 Å². The SMILES string of the molecule is C/C(=N/NC(=O)COc1cc(C)c(Cl)cc1-c1ccno1)c1ccc(Cl)cc1. The summed E-state index contributed by atoms with van der Waals surface area (Å²) in [5, 5.41) is 8.97. The number of aryl methyl sites for hydroxylation is 1. The number of hydrogen-bond donors (Lipinski definition) is 1. The summed E-state index contributed by atoms with van der Waals surface area (Å²) in [7, 11) is 0. The number of hydrazone groups is 1. The van der Waals surface area contributed by atoms with Crippen molar-refractivity contribution < 1.29 is 14.1 Å². The van der Waals surface area contributed by atoms with Gasteiger partial charge >= 0.3 is 0 Å². The van der Waals surface area contributed by atoms with Crippen molar-refractivity contribution in [2.45, 2.75) is 13.8 Å². The van der Waals surface area contributed by atoms with Crippen molar-refractivity contribution in [3.05, 3.63) is 69.8 Å². The first-order chi connectivity index (χ1) is 13.4. The standard InChI is InChI=1S/C20H17Cl2N3O3/c1-12-9-19(16(10-17(12)22)18-7-8-23-28-18)27-11-20(26)25-24-13(2)14-3-5-15(21)6-4-14/h3-10H,11H2,1-2H3,(H,25,26)/b24-13-. The molecule has 0 radical (unpaired) electrons. The molecule has 6 nitrogen and oxygen atoms in total. The van der Waals surface area contributed by atoms with Crippen LogP contribution in [0.3, 0.4) is 0 Å². The fourth-order valence-corrected chi connectivity index (χ4v) is 2.69. The Hall–Kier alpha value is -2.83. The molecule has 0 atom stereocenters. The Morgan fingerprint density at radius 3 is 2.64 bits per heavy atom. The molecular weight excluding hydrogens is 401 g/mol. The van der Waals surface area contributed by atoms with Crippen molar-refractivity contribution in [1.29, 1.82) is 0 Å². The lowest BCUT2D eigenvalue weighted by Gasteiger charge is -2.11. The molecule has 8 heteroatoms. The number of halogens is 2. The van der Waals surface area contributed by atoms with Crippen molar-refractivity contribution >= 4 is 34.8 Å². The summed E-state index contributed by atoms with van der Waals surface area (Å²) in [4.78, 5) is 12.1. The number of carbonyl (C=O) groups excluding carboxylic acids is 1. The van der Waals surface area contributed by atoms with E-state index in [9.17, 15) is 4.79 Å². The van der Waals surface area contributed by atoms with Crippen LogP contribution in [0.1, 0.15) is 18.1 Å². The third kappa shape index (κ3) is 4.91. The zero-order chi connectivity index (χ0) is 20.1. The fraction of sp³-hybridized carbons (Fsp3) is 0.150. The van der Waals surface area contributed by atoms with E-state index in [2.05, 4.69) is 15.7 Å². The van der Waals surface area contributed by atoms with E-state index < -0.39 is 5.91 Å². The number of hydrogen-bond acceptors (Lipinski definition) is 5. The van der Waals surface area contributed by atoms with Crippen LogP contribution in [-0.4, -0.2) is 23.4 Å². The Morgan fingerprint density at radius 2 is 1.96 bits per heavy atom. The molecule has 1 amide bonds. The second kappa shape index (κ2) is 8.91. The summed E-state index contributed by atoms with van der Waals surface area (Å²) < 4.78 is 10.8. The Morgan fingerprint density at radius 1 is 1.21 bits per heavy atom. The van der Waals surface area contributed by atoms with Crippen LogP contribution in [0.15, 0.2) is 58.3 Å². The molecule has 1 heterocycles. The average molecular weight is 418 g/mol. The van der Waals surface area contributed by atoms with E-state index in [0.717, 1.165) is 11.1 Å². The lowest BCUT2D eigenvalue weighted by molar-refractivity contribution is -0.123. The number of ether oxygens (including phenoxy) is 1. The number of benzene rings is 2. The molecule has 0 spiro atoms. The van der Waals surface area contributed by atoms with Crippen LogP contribution in [0.2, 0.25) is 10.0 Å². The lowest BCUT2D eigenvalue weighted by Crippen LogP contribution is -2.25. The highest BCUT2D eigenvalue weighted by Gasteiger charge is 2.14. The van der Waals surface area contributed by atoms with Gasteiger partial charge in [0.2, 0.25) is 0 Å². The van der Waals surface area contributed by atoms with Crippen LogP contribution >= 0.6 is 23.2 Å². The minimum absolute atomic E-state index is 0.223. The first-order valence-corrected chi connectivity index (χ1v) is 9.12. The highest BCUT2D eigenvalue weighted by molar-refractivity contribution is 6.31. The monoisotopic (exact) mass is 417 g/mol. The summed E-state index contributed by atoms with van der Waals surface area (Å²) in [6, 6.07) is 12.3. The van der Waals surface area contributed by atoms with E-state index in [0.29, 0.717) is 32.8 Å². The predicted molar refractivity (Wildman–Crippen MR) is 109 cm³/mol. The van der Waals surface area contributed by atoms with Crippen LogP contribution < -0.4 is 10.2 Å². The van der Waals surface area contributed by atoms with Gasteiger partial charge in [0.15, 0.2) is 12.4 Å². The second-order valence-corrected chi connectivity index (χ2v) is 6.85. The van der Waals surface area contributed by atoms with Gasteiger partial charge in [0, 0.05) is 16.1 Å². The fourth-order valence-electron chi connectivity index (χ4n) is 2.40. The number of aromatic nitrogens is 1. The minimum Gasteiger partial charge on any atom is -0.483 e. The Balaban J connectivity index is 1.67. The molecule has 0 fully saturated rings. The summed E-state index contributed by atoms with van der Waals surface area (Å²) in [5.74, 6) is 0.561. The quantitative estimate of drug-likeness (QED) is 0.458. The van der Waals surface area contributed by atoms with E-state index in [1.54, 1.807) is 37.3 Å². The van der Waals surface area contributed by atoms with E-state index in [-0.39, 0.29) is 6.61 Å². The number of nitrogens with one attached hydrogen (secondary N) is 1.